The summed E-state index contributed by atoms with van der Waals surface area (Å²) < 4.78 is 5.37. The average Bonchev–Trinajstić information content (AvgIpc) is 2.61. The fraction of sp³-hybridized carbons (Fsp3) is 1.00. The van der Waals surface area contributed by atoms with E-state index in [0.29, 0.717) is 12.1 Å². The first-order chi connectivity index (χ1) is 6.81. The molecule has 0 radical (unpaired) electrons. The van der Waals surface area contributed by atoms with Crippen molar-refractivity contribution >= 4 is 0 Å². The van der Waals surface area contributed by atoms with E-state index in [1.54, 1.807) is 0 Å². The van der Waals surface area contributed by atoms with Crippen LogP contribution in [0.4, 0.5) is 0 Å². The van der Waals surface area contributed by atoms with Gasteiger partial charge in [0.1, 0.15) is 0 Å². The van der Waals surface area contributed by atoms with Gasteiger partial charge in [-0.15, -0.1) is 0 Å². The lowest BCUT2D eigenvalue weighted by atomic mass is 10.0. The van der Waals surface area contributed by atoms with Crippen molar-refractivity contribution in [2.45, 2.75) is 50.8 Å². The van der Waals surface area contributed by atoms with Gasteiger partial charge in [-0.05, 0) is 25.7 Å². The van der Waals surface area contributed by atoms with E-state index >= 15 is 0 Å². The molecule has 2 heterocycles. The van der Waals surface area contributed by atoms with Gasteiger partial charge in [0.2, 0.25) is 0 Å². The number of rotatable bonds is 2. The summed E-state index contributed by atoms with van der Waals surface area (Å²) in [5.74, 6) is 0. The van der Waals surface area contributed by atoms with Crippen LogP contribution in [0.15, 0.2) is 0 Å². The Morgan fingerprint density at radius 3 is 2.71 bits per heavy atom. The molecule has 0 bridgehead atoms. The molecule has 0 amide bonds. The summed E-state index contributed by atoms with van der Waals surface area (Å²) in [5.41, 5.74) is 0. The molecular weight excluding hydrogens is 178 g/mol. The first-order valence-electron chi connectivity index (χ1n) is 5.82. The standard InChI is InChI=1S/C11H21NO2/c1-2-9-7-11(13)8-12(9)10-3-5-14-6-4-10/h9-11,13H,2-8H2,1H3/t9?,11-/m0/s1. The van der Waals surface area contributed by atoms with Crippen molar-refractivity contribution in [2.24, 2.45) is 0 Å². The van der Waals surface area contributed by atoms with Crippen molar-refractivity contribution in [3.05, 3.63) is 0 Å². The Balaban J connectivity index is 1.94. The molecule has 2 atom stereocenters. The highest BCUT2D eigenvalue weighted by Gasteiger charge is 2.34. The minimum Gasteiger partial charge on any atom is -0.392 e. The van der Waals surface area contributed by atoms with Gasteiger partial charge in [-0.3, -0.25) is 4.90 Å². The Labute approximate surface area is 86.0 Å². The van der Waals surface area contributed by atoms with Crippen LogP contribution in [0.2, 0.25) is 0 Å². The lowest BCUT2D eigenvalue weighted by Crippen LogP contribution is -2.42. The molecule has 2 saturated heterocycles. The Hall–Kier alpha value is -0.120. The van der Waals surface area contributed by atoms with Gasteiger partial charge in [0.05, 0.1) is 6.10 Å². The summed E-state index contributed by atoms with van der Waals surface area (Å²) >= 11 is 0. The monoisotopic (exact) mass is 199 g/mol. The van der Waals surface area contributed by atoms with Crippen molar-refractivity contribution in [1.29, 1.82) is 0 Å². The molecule has 0 aliphatic carbocycles. The SMILES string of the molecule is CCC1C[C@H](O)CN1C1CCOCC1. The van der Waals surface area contributed by atoms with Crippen LogP contribution in [-0.4, -0.2) is 48.0 Å². The van der Waals surface area contributed by atoms with Crippen LogP contribution in [0.5, 0.6) is 0 Å². The van der Waals surface area contributed by atoms with Crippen LogP contribution in [-0.2, 0) is 4.74 Å². The summed E-state index contributed by atoms with van der Waals surface area (Å²) in [4.78, 5) is 2.51. The first-order valence-corrected chi connectivity index (χ1v) is 5.82. The van der Waals surface area contributed by atoms with Crippen LogP contribution < -0.4 is 0 Å². The van der Waals surface area contributed by atoms with Gasteiger partial charge in [-0.25, -0.2) is 0 Å². The second-order valence-electron chi connectivity index (χ2n) is 4.49. The van der Waals surface area contributed by atoms with Crippen LogP contribution in [0.3, 0.4) is 0 Å². The Kier molecular flexibility index (Phi) is 3.42. The molecule has 82 valence electrons. The quantitative estimate of drug-likeness (QED) is 0.720. The number of aliphatic hydroxyl groups excluding tert-OH is 1. The summed E-state index contributed by atoms with van der Waals surface area (Å²) in [6.07, 6.45) is 4.32. The fourth-order valence-corrected chi connectivity index (χ4v) is 2.78. The Morgan fingerprint density at radius 2 is 2.07 bits per heavy atom. The van der Waals surface area contributed by atoms with E-state index in [0.717, 1.165) is 45.4 Å². The van der Waals surface area contributed by atoms with Gasteiger partial charge in [0.25, 0.3) is 0 Å². The van der Waals surface area contributed by atoms with Crippen LogP contribution in [0, 0.1) is 0 Å². The van der Waals surface area contributed by atoms with Crippen LogP contribution in [0.1, 0.15) is 32.6 Å². The Morgan fingerprint density at radius 1 is 1.36 bits per heavy atom. The highest BCUT2D eigenvalue weighted by atomic mass is 16.5. The van der Waals surface area contributed by atoms with Gasteiger partial charge < -0.3 is 9.84 Å². The van der Waals surface area contributed by atoms with Crippen molar-refractivity contribution < 1.29 is 9.84 Å². The number of likely N-dealkylation sites (tertiary alicyclic amines) is 1. The maximum atomic E-state index is 9.66. The second-order valence-corrected chi connectivity index (χ2v) is 4.49. The number of β-amino-alcohol motifs (C(OH)–C–C–N with tert-alkyl or cyclic N) is 1. The normalized spacial score (nSPS) is 36.4. The molecule has 2 aliphatic rings. The molecule has 3 heteroatoms. The number of ether oxygens (including phenoxy) is 1. The molecule has 0 aromatic carbocycles. The van der Waals surface area contributed by atoms with Crippen molar-refractivity contribution in [3.63, 3.8) is 0 Å². The molecular formula is C11H21NO2. The highest BCUT2D eigenvalue weighted by Crippen LogP contribution is 2.27. The maximum Gasteiger partial charge on any atom is 0.0682 e. The zero-order valence-corrected chi connectivity index (χ0v) is 8.98. The molecule has 2 rings (SSSR count). The molecule has 0 aromatic rings. The van der Waals surface area contributed by atoms with Crippen LogP contribution >= 0.6 is 0 Å². The van der Waals surface area contributed by atoms with Gasteiger partial charge in [-0.1, -0.05) is 6.92 Å². The second kappa shape index (κ2) is 4.60. The molecule has 0 saturated carbocycles. The summed E-state index contributed by atoms with van der Waals surface area (Å²) in [6.45, 7) is 4.89. The van der Waals surface area contributed by atoms with E-state index in [1.807, 2.05) is 0 Å². The first kappa shape index (κ1) is 10.4. The minimum atomic E-state index is -0.0946. The molecule has 3 nitrogen and oxygen atoms in total. The summed E-state index contributed by atoms with van der Waals surface area (Å²) in [7, 11) is 0. The van der Waals surface area contributed by atoms with E-state index in [-0.39, 0.29) is 6.10 Å². The van der Waals surface area contributed by atoms with E-state index in [9.17, 15) is 5.11 Å². The van der Waals surface area contributed by atoms with E-state index in [1.165, 1.54) is 0 Å². The molecule has 1 unspecified atom stereocenters. The largest absolute Gasteiger partial charge is 0.392 e. The number of hydrogen-bond acceptors (Lipinski definition) is 3. The van der Waals surface area contributed by atoms with Crippen molar-refractivity contribution in [1.82, 2.24) is 4.90 Å². The van der Waals surface area contributed by atoms with Gasteiger partial charge in [0.15, 0.2) is 0 Å². The van der Waals surface area contributed by atoms with Crippen molar-refractivity contribution in [2.75, 3.05) is 19.8 Å². The smallest absolute Gasteiger partial charge is 0.0682 e. The average molecular weight is 199 g/mol. The topological polar surface area (TPSA) is 32.7 Å². The fourth-order valence-electron chi connectivity index (χ4n) is 2.78. The maximum absolute atomic E-state index is 9.66. The van der Waals surface area contributed by atoms with E-state index in [2.05, 4.69) is 11.8 Å². The number of nitrogens with zero attached hydrogens (tertiary/aromatic N) is 1. The molecule has 14 heavy (non-hydrogen) atoms. The lowest BCUT2D eigenvalue weighted by Gasteiger charge is -2.34. The predicted molar refractivity (Wildman–Crippen MR) is 55.2 cm³/mol. The highest BCUT2D eigenvalue weighted by molar-refractivity contribution is 4.89. The molecule has 2 aliphatic heterocycles. The zero-order valence-electron chi connectivity index (χ0n) is 8.98. The number of hydrogen-bond donors (Lipinski definition) is 1. The molecule has 1 N–H and O–H groups in total. The predicted octanol–water partition coefficient (Wildman–Crippen LogP) is 1.01. The van der Waals surface area contributed by atoms with Crippen LogP contribution in [0.25, 0.3) is 0 Å². The third-order valence-electron chi connectivity index (χ3n) is 3.57. The summed E-state index contributed by atoms with van der Waals surface area (Å²) in [6, 6.07) is 1.26. The minimum absolute atomic E-state index is 0.0946. The molecule has 0 aromatic heterocycles. The summed E-state index contributed by atoms with van der Waals surface area (Å²) in [5, 5.41) is 9.66. The third-order valence-corrected chi connectivity index (χ3v) is 3.57. The third kappa shape index (κ3) is 2.10. The van der Waals surface area contributed by atoms with Gasteiger partial charge >= 0.3 is 0 Å². The van der Waals surface area contributed by atoms with Gasteiger partial charge in [0, 0.05) is 31.8 Å². The lowest BCUT2D eigenvalue weighted by molar-refractivity contribution is 0.0256. The van der Waals surface area contributed by atoms with Gasteiger partial charge in [-0.2, -0.15) is 0 Å². The van der Waals surface area contributed by atoms with E-state index < -0.39 is 0 Å². The number of aliphatic hydroxyl groups is 1. The molecule has 2 fully saturated rings. The van der Waals surface area contributed by atoms with Crippen molar-refractivity contribution in [3.8, 4) is 0 Å². The van der Waals surface area contributed by atoms with E-state index in [4.69, 9.17) is 4.74 Å². The Bertz CT molecular complexity index is 180. The molecule has 0 spiro atoms. The zero-order chi connectivity index (χ0) is 9.97.